The summed E-state index contributed by atoms with van der Waals surface area (Å²) in [4.78, 5) is 24.8. The molecule has 6 heteroatoms. The fraction of sp³-hybridized carbons (Fsp3) is 0.500. The van der Waals surface area contributed by atoms with Crippen LogP contribution < -0.4 is 0 Å². The Labute approximate surface area is 134 Å². The van der Waals surface area contributed by atoms with Gasteiger partial charge in [-0.05, 0) is 30.5 Å². The van der Waals surface area contributed by atoms with Crippen molar-refractivity contribution in [2.24, 2.45) is 0 Å². The number of halogens is 1. The number of aliphatic carboxylic acids is 1. The molecule has 5 nitrogen and oxygen atoms in total. The third kappa shape index (κ3) is 5.00. The van der Waals surface area contributed by atoms with E-state index in [4.69, 9.17) is 21.4 Å². The molecular weight excluding hydrogens is 306 g/mol. The predicted octanol–water partition coefficient (Wildman–Crippen LogP) is 2.36. The molecule has 1 saturated heterocycles. The van der Waals surface area contributed by atoms with E-state index in [0.717, 1.165) is 18.4 Å². The van der Waals surface area contributed by atoms with E-state index in [0.29, 0.717) is 31.2 Å². The van der Waals surface area contributed by atoms with Gasteiger partial charge < -0.3 is 14.7 Å². The lowest BCUT2D eigenvalue weighted by atomic mass is 10.1. The Kier molecular flexibility index (Phi) is 6.21. The Morgan fingerprint density at radius 2 is 2.05 bits per heavy atom. The quantitative estimate of drug-likeness (QED) is 0.872. The molecule has 1 N–H and O–H groups in total. The molecule has 1 aromatic rings. The van der Waals surface area contributed by atoms with Gasteiger partial charge in [0.1, 0.15) is 0 Å². The number of ether oxygens (including phenoxy) is 1. The van der Waals surface area contributed by atoms with E-state index in [2.05, 4.69) is 0 Å². The van der Waals surface area contributed by atoms with Crippen LogP contribution in [0.1, 0.15) is 24.8 Å². The number of rotatable bonds is 6. The number of nitrogens with zero attached hydrogens (tertiary/aromatic N) is 1. The van der Waals surface area contributed by atoms with Gasteiger partial charge in [-0.2, -0.15) is 0 Å². The van der Waals surface area contributed by atoms with Crippen molar-refractivity contribution < 1.29 is 19.4 Å². The highest BCUT2D eigenvalue weighted by atomic mass is 35.5. The summed E-state index contributed by atoms with van der Waals surface area (Å²) >= 11 is 5.83. The van der Waals surface area contributed by atoms with Crippen molar-refractivity contribution in [3.8, 4) is 0 Å². The Bertz CT molecular complexity index is 517. The van der Waals surface area contributed by atoms with E-state index in [-0.39, 0.29) is 18.4 Å². The molecule has 1 heterocycles. The smallest absolute Gasteiger partial charge is 0.305 e. The largest absolute Gasteiger partial charge is 0.481 e. The van der Waals surface area contributed by atoms with Crippen LogP contribution in [0.5, 0.6) is 0 Å². The molecule has 0 bridgehead atoms. The highest BCUT2D eigenvalue weighted by Gasteiger charge is 2.28. The summed E-state index contributed by atoms with van der Waals surface area (Å²) in [6.45, 7) is 1.24. The number of carbonyl (C=O) groups excluding carboxylic acids is 1. The van der Waals surface area contributed by atoms with Gasteiger partial charge in [-0.25, -0.2) is 0 Å². The van der Waals surface area contributed by atoms with Gasteiger partial charge in [0.25, 0.3) is 0 Å². The highest BCUT2D eigenvalue weighted by molar-refractivity contribution is 6.30. The molecule has 1 aromatic carbocycles. The van der Waals surface area contributed by atoms with Crippen molar-refractivity contribution >= 4 is 23.5 Å². The van der Waals surface area contributed by atoms with Crippen LogP contribution in [0.15, 0.2) is 24.3 Å². The minimum atomic E-state index is -0.908. The topological polar surface area (TPSA) is 66.8 Å². The SMILES string of the molecule is O=C(O)C[C@@H]1COCCN1C(=O)CCCc1ccc(Cl)cc1. The molecule has 0 unspecified atom stereocenters. The summed E-state index contributed by atoms with van der Waals surface area (Å²) in [7, 11) is 0. The molecule has 0 saturated carbocycles. The van der Waals surface area contributed by atoms with Crippen LogP contribution in [-0.2, 0) is 20.7 Å². The van der Waals surface area contributed by atoms with Crippen molar-refractivity contribution in [2.45, 2.75) is 31.7 Å². The predicted molar refractivity (Wildman–Crippen MR) is 83.0 cm³/mol. The van der Waals surface area contributed by atoms with E-state index in [1.54, 1.807) is 4.90 Å². The summed E-state index contributed by atoms with van der Waals surface area (Å²) in [5.41, 5.74) is 1.14. The van der Waals surface area contributed by atoms with Gasteiger partial charge >= 0.3 is 5.97 Å². The third-order valence-corrected chi connectivity index (χ3v) is 3.98. The number of morpholine rings is 1. The van der Waals surface area contributed by atoms with Gasteiger partial charge in [0.05, 0.1) is 25.7 Å². The maximum atomic E-state index is 12.3. The molecule has 1 aliphatic heterocycles. The van der Waals surface area contributed by atoms with Crippen LogP contribution in [0.3, 0.4) is 0 Å². The lowest BCUT2D eigenvalue weighted by Crippen LogP contribution is -2.49. The Morgan fingerprint density at radius 3 is 2.73 bits per heavy atom. The average Bonchev–Trinajstić information content (AvgIpc) is 2.49. The van der Waals surface area contributed by atoms with E-state index < -0.39 is 5.97 Å². The maximum Gasteiger partial charge on any atom is 0.305 e. The van der Waals surface area contributed by atoms with Crippen molar-refractivity contribution in [1.29, 1.82) is 0 Å². The van der Waals surface area contributed by atoms with Crippen molar-refractivity contribution in [3.05, 3.63) is 34.9 Å². The fourth-order valence-electron chi connectivity index (χ4n) is 2.59. The second kappa shape index (κ2) is 8.15. The second-order valence-corrected chi connectivity index (χ2v) is 5.83. The molecule has 1 fully saturated rings. The molecule has 22 heavy (non-hydrogen) atoms. The summed E-state index contributed by atoms with van der Waals surface area (Å²) in [5.74, 6) is -0.905. The molecular formula is C16H20ClNO4. The van der Waals surface area contributed by atoms with Crippen LogP contribution in [0.4, 0.5) is 0 Å². The normalized spacial score (nSPS) is 18.2. The van der Waals surface area contributed by atoms with Crippen molar-refractivity contribution in [3.63, 3.8) is 0 Å². The van der Waals surface area contributed by atoms with Gasteiger partial charge in [-0.3, -0.25) is 9.59 Å². The molecule has 1 aliphatic rings. The van der Waals surface area contributed by atoms with Crippen molar-refractivity contribution in [2.75, 3.05) is 19.8 Å². The minimum Gasteiger partial charge on any atom is -0.481 e. The Balaban J connectivity index is 1.82. The number of amides is 1. The molecule has 0 aliphatic carbocycles. The number of carbonyl (C=O) groups is 2. The number of hydrogen-bond donors (Lipinski definition) is 1. The lowest BCUT2D eigenvalue weighted by Gasteiger charge is -2.35. The monoisotopic (exact) mass is 325 g/mol. The van der Waals surface area contributed by atoms with Crippen LogP contribution in [0, 0.1) is 0 Å². The molecule has 0 spiro atoms. The second-order valence-electron chi connectivity index (χ2n) is 5.39. The van der Waals surface area contributed by atoms with E-state index in [1.807, 2.05) is 24.3 Å². The van der Waals surface area contributed by atoms with Gasteiger partial charge in [-0.15, -0.1) is 0 Å². The zero-order chi connectivity index (χ0) is 15.9. The fourth-order valence-corrected chi connectivity index (χ4v) is 2.72. The van der Waals surface area contributed by atoms with E-state index >= 15 is 0 Å². The first-order valence-electron chi connectivity index (χ1n) is 7.39. The highest BCUT2D eigenvalue weighted by Crippen LogP contribution is 2.15. The molecule has 2 rings (SSSR count). The number of aryl methyl sites for hydroxylation is 1. The van der Waals surface area contributed by atoms with Gasteiger partial charge in [0, 0.05) is 18.0 Å². The molecule has 0 aromatic heterocycles. The van der Waals surface area contributed by atoms with Crippen LogP contribution in [0.2, 0.25) is 5.02 Å². The van der Waals surface area contributed by atoms with Crippen LogP contribution >= 0.6 is 11.6 Å². The zero-order valence-electron chi connectivity index (χ0n) is 12.3. The van der Waals surface area contributed by atoms with Crippen LogP contribution in [-0.4, -0.2) is 47.7 Å². The molecule has 1 amide bonds. The van der Waals surface area contributed by atoms with E-state index in [9.17, 15) is 9.59 Å². The third-order valence-electron chi connectivity index (χ3n) is 3.73. The van der Waals surface area contributed by atoms with Gasteiger partial charge in [0.15, 0.2) is 0 Å². The average molecular weight is 326 g/mol. The van der Waals surface area contributed by atoms with Gasteiger partial charge in [-0.1, -0.05) is 23.7 Å². The number of carboxylic acids is 1. The summed E-state index contributed by atoms with van der Waals surface area (Å²) < 4.78 is 5.28. The standard InChI is InChI=1S/C16H20ClNO4/c17-13-6-4-12(5-7-13)2-1-3-15(19)18-8-9-22-11-14(18)10-16(20)21/h4-7,14H,1-3,8-11H2,(H,20,21)/t14-/m1/s1. The first-order chi connectivity index (χ1) is 10.6. The Hall–Kier alpha value is -1.59. The summed E-state index contributed by atoms with van der Waals surface area (Å²) in [5, 5.41) is 9.61. The summed E-state index contributed by atoms with van der Waals surface area (Å²) in [6.07, 6.45) is 1.89. The first-order valence-corrected chi connectivity index (χ1v) is 7.77. The Morgan fingerprint density at radius 1 is 1.32 bits per heavy atom. The van der Waals surface area contributed by atoms with Gasteiger partial charge in [0.2, 0.25) is 5.91 Å². The van der Waals surface area contributed by atoms with Crippen LogP contribution in [0.25, 0.3) is 0 Å². The first kappa shape index (κ1) is 16.8. The lowest BCUT2D eigenvalue weighted by molar-refractivity contribution is -0.146. The minimum absolute atomic E-state index is 0.00325. The van der Waals surface area contributed by atoms with Crippen molar-refractivity contribution in [1.82, 2.24) is 4.90 Å². The maximum absolute atomic E-state index is 12.3. The van der Waals surface area contributed by atoms with E-state index in [1.165, 1.54) is 0 Å². The molecule has 120 valence electrons. The molecule has 1 atom stereocenters. The molecule has 0 radical (unpaired) electrons. The number of hydrogen-bond acceptors (Lipinski definition) is 3. The number of carboxylic acid groups (broad SMARTS) is 1. The number of benzene rings is 1. The zero-order valence-corrected chi connectivity index (χ0v) is 13.1. The summed E-state index contributed by atoms with van der Waals surface area (Å²) in [6, 6.07) is 7.23.